The number of piperazine rings is 1. The number of rotatable bonds is 13. The molecule has 2 heterocycles. The molecule has 10 nitrogen and oxygen atoms in total. The summed E-state index contributed by atoms with van der Waals surface area (Å²) in [6.45, 7) is 4.89. The number of nitrogens with one attached hydrogen (secondary N) is 1. The highest BCUT2D eigenvalue weighted by atomic mass is 35.5. The highest BCUT2D eigenvalue weighted by Crippen LogP contribution is 2.33. The largest absolute Gasteiger partial charge is 0.494 e. The molecule has 0 aromatic heterocycles. The Balaban J connectivity index is 1.15. The van der Waals surface area contributed by atoms with Gasteiger partial charge in [-0.25, -0.2) is 4.79 Å². The highest BCUT2D eigenvalue weighted by molar-refractivity contribution is 6.43. The standard InChI is InChI=1S/C29H38Cl2N4O6/c30-24-4-3-5-26(27(24)31)34-11-9-33(10-12-34)8-1-2-17-40-23-7-6-21-18-22(28(38)32-25(21)19-23)20-41-29(39)35(13-15-36)14-16-37/h3-7,19,22,36-37H,1-2,8-18,20H2,(H,32,38). The molecule has 3 N–H and O–H groups in total. The molecule has 0 aliphatic carbocycles. The summed E-state index contributed by atoms with van der Waals surface area (Å²) in [5.74, 6) is -0.0479. The Bertz CT molecular complexity index is 1170. The van der Waals surface area contributed by atoms with Crippen LogP contribution in [0.1, 0.15) is 18.4 Å². The Kier molecular flexibility index (Phi) is 11.8. The average molecular weight is 610 g/mol. The van der Waals surface area contributed by atoms with E-state index >= 15 is 0 Å². The van der Waals surface area contributed by atoms with E-state index in [1.165, 1.54) is 4.90 Å². The molecule has 0 radical (unpaired) electrons. The third kappa shape index (κ3) is 8.62. The van der Waals surface area contributed by atoms with Crippen LogP contribution in [-0.2, 0) is 16.0 Å². The van der Waals surface area contributed by atoms with Crippen LogP contribution < -0.4 is 15.0 Å². The fraction of sp³-hybridized carbons (Fsp3) is 0.517. The van der Waals surface area contributed by atoms with Gasteiger partial charge in [0.05, 0.1) is 41.5 Å². The van der Waals surface area contributed by atoms with Crippen LogP contribution in [0.3, 0.4) is 0 Å². The minimum absolute atomic E-state index is 0.0550. The predicted molar refractivity (Wildman–Crippen MR) is 159 cm³/mol. The molecule has 1 atom stereocenters. The van der Waals surface area contributed by atoms with Gasteiger partial charge >= 0.3 is 6.09 Å². The molecule has 2 aliphatic rings. The van der Waals surface area contributed by atoms with Crippen molar-refractivity contribution in [2.45, 2.75) is 19.3 Å². The molecular formula is C29H38Cl2N4O6. The van der Waals surface area contributed by atoms with Crippen molar-refractivity contribution in [2.24, 2.45) is 5.92 Å². The van der Waals surface area contributed by atoms with E-state index in [1.54, 1.807) is 6.07 Å². The number of amides is 2. The molecule has 1 saturated heterocycles. The molecule has 1 fully saturated rings. The first kappa shape index (κ1) is 31.2. The fourth-order valence-electron chi connectivity index (χ4n) is 5.04. The van der Waals surface area contributed by atoms with Crippen molar-refractivity contribution in [2.75, 3.05) is 82.5 Å². The van der Waals surface area contributed by atoms with Crippen molar-refractivity contribution < 1.29 is 29.3 Å². The van der Waals surface area contributed by atoms with E-state index in [1.807, 2.05) is 30.3 Å². The zero-order valence-electron chi connectivity index (χ0n) is 23.1. The minimum Gasteiger partial charge on any atom is -0.494 e. The van der Waals surface area contributed by atoms with Crippen LogP contribution >= 0.6 is 23.2 Å². The van der Waals surface area contributed by atoms with Crippen LogP contribution in [0.15, 0.2) is 36.4 Å². The Hall–Kier alpha value is -2.76. The molecule has 2 amide bonds. The van der Waals surface area contributed by atoms with Crippen molar-refractivity contribution in [1.29, 1.82) is 0 Å². The first-order chi connectivity index (χ1) is 19.9. The van der Waals surface area contributed by atoms with E-state index in [0.717, 1.165) is 56.8 Å². The zero-order valence-corrected chi connectivity index (χ0v) is 24.6. The molecule has 41 heavy (non-hydrogen) atoms. The molecule has 12 heteroatoms. The second-order valence-electron chi connectivity index (χ2n) is 10.2. The van der Waals surface area contributed by atoms with Gasteiger partial charge in [0.2, 0.25) is 5.91 Å². The van der Waals surface area contributed by atoms with Gasteiger partial charge in [-0.05, 0) is 49.6 Å². The van der Waals surface area contributed by atoms with Crippen molar-refractivity contribution in [1.82, 2.24) is 9.80 Å². The number of carbonyl (C=O) groups is 2. The van der Waals surface area contributed by atoms with E-state index in [4.69, 9.17) is 42.9 Å². The fourth-order valence-corrected chi connectivity index (χ4v) is 5.46. The maximum atomic E-state index is 12.6. The molecule has 2 aliphatic heterocycles. The number of fused-ring (bicyclic) bond motifs is 1. The van der Waals surface area contributed by atoms with Gasteiger partial charge in [-0.1, -0.05) is 35.3 Å². The maximum absolute atomic E-state index is 12.6. The van der Waals surface area contributed by atoms with Gasteiger partial charge in [0.25, 0.3) is 0 Å². The van der Waals surface area contributed by atoms with Gasteiger partial charge in [0, 0.05) is 51.0 Å². The summed E-state index contributed by atoms with van der Waals surface area (Å²) < 4.78 is 11.2. The van der Waals surface area contributed by atoms with Crippen LogP contribution in [0, 0.1) is 5.92 Å². The molecule has 0 spiro atoms. The summed E-state index contributed by atoms with van der Waals surface area (Å²) in [5, 5.41) is 22.2. The van der Waals surface area contributed by atoms with E-state index in [2.05, 4.69) is 15.1 Å². The lowest BCUT2D eigenvalue weighted by atomic mass is 9.94. The number of nitrogens with zero attached hydrogens (tertiary/aromatic N) is 3. The van der Waals surface area contributed by atoms with E-state index in [-0.39, 0.29) is 38.8 Å². The monoisotopic (exact) mass is 608 g/mol. The summed E-state index contributed by atoms with van der Waals surface area (Å²) in [4.78, 5) is 30.8. The first-order valence-corrected chi connectivity index (χ1v) is 14.8. The van der Waals surface area contributed by atoms with Crippen molar-refractivity contribution in [3.05, 3.63) is 52.0 Å². The number of hydrogen-bond acceptors (Lipinski definition) is 8. The smallest absolute Gasteiger partial charge is 0.409 e. The summed E-state index contributed by atoms with van der Waals surface area (Å²) in [5.41, 5.74) is 2.64. The molecule has 2 aromatic carbocycles. The number of aliphatic hydroxyl groups is 2. The lowest BCUT2D eigenvalue weighted by Crippen LogP contribution is -2.46. The number of unbranched alkanes of at least 4 members (excludes halogenated alkanes) is 1. The van der Waals surface area contributed by atoms with Gasteiger partial charge in [0.15, 0.2) is 0 Å². The van der Waals surface area contributed by atoms with Gasteiger partial charge in [-0.2, -0.15) is 0 Å². The van der Waals surface area contributed by atoms with Crippen LogP contribution in [0.25, 0.3) is 0 Å². The van der Waals surface area contributed by atoms with Crippen molar-refractivity contribution in [3.63, 3.8) is 0 Å². The van der Waals surface area contributed by atoms with Crippen molar-refractivity contribution in [3.8, 4) is 5.75 Å². The lowest BCUT2D eigenvalue weighted by molar-refractivity contribution is -0.121. The number of ether oxygens (including phenoxy) is 2. The summed E-state index contributed by atoms with van der Waals surface area (Å²) in [6, 6.07) is 11.4. The third-order valence-corrected chi connectivity index (χ3v) is 8.17. The minimum atomic E-state index is -0.667. The molecular weight excluding hydrogens is 571 g/mol. The number of carbonyl (C=O) groups excluding carboxylic acids is 2. The average Bonchev–Trinajstić information content (AvgIpc) is 2.97. The maximum Gasteiger partial charge on any atom is 0.409 e. The predicted octanol–water partition coefficient (Wildman–Crippen LogP) is 3.51. The van der Waals surface area contributed by atoms with Crippen molar-refractivity contribution >= 4 is 46.6 Å². The van der Waals surface area contributed by atoms with Crippen LogP contribution in [0.2, 0.25) is 10.0 Å². The molecule has 0 bridgehead atoms. The van der Waals surface area contributed by atoms with Gasteiger partial charge in [-0.3, -0.25) is 9.69 Å². The summed E-state index contributed by atoms with van der Waals surface area (Å²) >= 11 is 12.6. The number of hydrogen-bond donors (Lipinski definition) is 3. The highest BCUT2D eigenvalue weighted by Gasteiger charge is 2.28. The number of benzene rings is 2. The van der Waals surface area contributed by atoms with Gasteiger partial charge in [-0.15, -0.1) is 0 Å². The Morgan fingerprint density at radius 3 is 2.54 bits per heavy atom. The Morgan fingerprint density at radius 2 is 1.80 bits per heavy atom. The molecule has 224 valence electrons. The number of aliphatic hydroxyl groups excluding tert-OH is 2. The Morgan fingerprint density at radius 1 is 1.05 bits per heavy atom. The normalized spacial score (nSPS) is 17.1. The quantitative estimate of drug-likeness (QED) is 0.296. The second kappa shape index (κ2) is 15.5. The van der Waals surface area contributed by atoms with Crippen LogP contribution in [0.5, 0.6) is 5.75 Å². The summed E-state index contributed by atoms with van der Waals surface area (Å²) in [6.07, 6.45) is 1.71. The molecule has 1 unspecified atom stereocenters. The second-order valence-corrected chi connectivity index (χ2v) is 11.0. The van der Waals surface area contributed by atoms with Gasteiger partial charge < -0.3 is 34.8 Å². The van der Waals surface area contributed by atoms with E-state index in [0.29, 0.717) is 34.5 Å². The lowest BCUT2D eigenvalue weighted by Gasteiger charge is -2.36. The van der Waals surface area contributed by atoms with E-state index in [9.17, 15) is 9.59 Å². The molecule has 0 saturated carbocycles. The summed E-state index contributed by atoms with van der Waals surface area (Å²) in [7, 11) is 0. The zero-order chi connectivity index (χ0) is 29.2. The third-order valence-electron chi connectivity index (χ3n) is 7.36. The SMILES string of the molecule is O=C1Nc2cc(OCCCCN3CCN(c4cccc(Cl)c4Cl)CC3)ccc2CC1COC(=O)N(CCO)CCO. The van der Waals surface area contributed by atoms with E-state index < -0.39 is 12.0 Å². The molecule has 4 rings (SSSR count). The first-order valence-electron chi connectivity index (χ1n) is 14.0. The number of halogens is 2. The van der Waals surface area contributed by atoms with Crippen LogP contribution in [-0.4, -0.2) is 104 Å². The number of anilines is 2. The topological polar surface area (TPSA) is 115 Å². The van der Waals surface area contributed by atoms with Crippen LogP contribution in [0.4, 0.5) is 16.2 Å². The van der Waals surface area contributed by atoms with Gasteiger partial charge in [0.1, 0.15) is 12.4 Å². The molecule has 2 aromatic rings. The Labute approximate surface area is 250 Å².